The molecule has 0 spiro atoms. The summed E-state index contributed by atoms with van der Waals surface area (Å²) < 4.78 is 6.59. The number of ketones is 3. The highest BCUT2D eigenvalue weighted by Gasteiger charge is 2.75. The summed E-state index contributed by atoms with van der Waals surface area (Å²) in [6, 6.07) is 6.67. The van der Waals surface area contributed by atoms with Gasteiger partial charge in [-0.15, -0.1) is 11.8 Å². The zero-order valence-electron chi connectivity index (χ0n) is 14.4. The van der Waals surface area contributed by atoms with Crippen LogP contribution in [0.2, 0.25) is 0 Å². The monoisotopic (exact) mass is 494 g/mol. The second-order valence-corrected chi connectivity index (χ2v) is 8.52. The van der Waals surface area contributed by atoms with E-state index in [-0.39, 0.29) is 0 Å². The molecule has 0 aromatic heterocycles. The van der Waals surface area contributed by atoms with Crippen LogP contribution in [0, 0.1) is 3.57 Å². The summed E-state index contributed by atoms with van der Waals surface area (Å²) in [5.74, 6) is -3.18. The average molecular weight is 494 g/mol. The molecule has 2 rings (SSSR count). The fourth-order valence-electron chi connectivity index (χ4n) is 3.00. The number of benzene rings is 1. The minimum absolute atomic E-state index is 0.293. The molecule has 0 aliphatic carbocycles. The van der Waals surface area contributed by atoms with Crippen molar-refractivity contribution in [3.63, 3.8) is 0 Å². The Hall–Kier alpha value is -1.01. The number of Topliss-reactive ketones (excluding diaryl/α,β-unsaturated/α-hetero) is 3. The van der Waals surface area contributed by atoms with Crippen LogP contribution in [0.15, 0.2) is 24.3 Å². The first-order chi connectivity index (χ1) is 11.9. The normalized spacial score (nSPS) is 34.2. The topological polar surface area (TPSA) is 121 Å². The van der Waals surface area contributed by atoms with Crippen molar-refractivity contribution in [2.75, 3.05) is 5.75 Å². The summed E-state index contributed by atoms with van der Waals surface area (Å²) >= 11 is 2.87. The van der Waals surface area contributed by atoms with E-state index in [0.717, 1.165) is 36.1 Å². The van der Waals surface area contributed by atoms with Crippen molar-refractivity contribution in [2.45, 2.75) is 43.0 Å². The molecule has 142 valence electrons. The summed E-state index contributed by atoms with van der Waals surface area (Å²) in [6.07, 6.45) is 0. The van der Waals surface area contributed by atoms with Crippen LogP contribution in [0.1, 0.15) is 20.8 Å². The van der Waals surface area contributed by atoms with Gasteiger partial charge in [0.2, 0.25) is 5.60 Å². The number of ether oxygens (including phenoxy) is 1. The summed E-state index contributed by atoms with van der Waals surface area (Å²) in [7, 11) is 0. The maximum absolute atomic E-state index is 12.3. The first-order valence-corrected chi connectivity index (χ1v) is 9.78. The van der Waals surface area contributed by atoms with Gasteiger partial charge in [-0.1, -0.05) is 0 Å². The molecule has 1 heterocycles. The van der Waals surface area contributed by atoms with E-state index in [0.29, 0.717) is 5.75 Å². The van der Waals surface area contributed by atoms with Crippen LogP contribution in [0.3, 0.4) is 0 Å². The molecule has 1 aromatic carbocycles. The molecule has 0 bridgehead atoms. The van der Waals surface area contributed by atoms with Crippen LogP contribution in [0.25, 0.3) is 0 Å². The highest BCUT2D eigenvalue weighted by Crippen LogP contribution is 2.49. The zero-order chi connectivity index (χ0) is 19.9. The number of carbonyl (C=O) groups is 3. The molecule has 26 heavy (non-hydrogen) atoms. The summed E-state index contributed by atoms with van der Waals surface area (Å²) in [4.78, 5) is 36.6. The van der Waals surface area contributed by atoms with E-state index in [1.54, 1.807) is 24.3 Å². The Kier molecular flexibility index (Phi) is 5.89. The molecule has 1 aliphatic rings. The van der Waals surface area contributed by atoms with Crippen LogP contribution < -0.4 is 4.74 Å². The molecule has 0 amide bonds. The summed E-state index contributed by atoms with van der Waals surface area (Å²) in [6.45, 7) is 2.85. The van der Waals surface area contributed by atoms with E-state index < -0.39 is 45.3 Å². The number of thioether (sulfide) groups is 1. The second kappa shape index (κ2) is 7.19. The molecule has 0 radical (unpaired) electrons. The van der Waals surface area contributed by atoms with Crippen LogP contribution >= 0.6 is 34.4 Å². The van der Waals surface area contributed by atoms with Crippen molar-refractivity contribution in [3.8, 4) is 5.75 Å². The van der Waals surface area contributed by atoms with Gasteiger partial charge in [-0.05, 0) is 67.6 Å². The van der Waals surface area contributed by atoms with Gasteiger partial charge in [-0.2, -0.15) is 0 Å². The number of halogens is 1. The van der Waals surface area contributed by atoms with E-state index in [4.69, 9.17) is 4.74 Å². The second-order valence-electron chi connectivity index (χ2n) is 6.22. The Balaban J connectivity index is 2.59. The van der Waals surface area contributed by atoms with Crippen molar-refractivity contribution >= 4 is 51.7 Å². The minimum Gasteiger partial charge on any atom is -0.476 e. The van der Waals surface area contributed by atoms with Gasteiger partial charge in [-0.3, -0.25) is 14.4 Å². The van der Waals surface area contributed by atoms with E-state index >= 15 is 0 Å². The molecule has 1 saturated heterocycles. The van der Waals surface area contributed by atoms with E-state index in [2.05, 4.69) is 22.6 Å². The summed E-state index contributed by atoms with van der Waals surface area (Å²) in [5.41, 5.74) is -9.91. The van der Waals surface area contributed by atoms with Gasteiger partial charge in [0, 0.05) is 9.32 Å². The summed E-state index contributed by atoms with van der Waals surface area (Å²) in [5, 5.41) is 32.9. The third-order valence-corrected chi connectivity index (χ3v) is 6.66. The third kappa shape index (κ3) is 2.99. The molecule has 0 unspecified atom stereocenters. The zero-order valence-corrected chi connectivity index (χ0v) is 17.3. The molecule has 4 atom stereocenters. The fraction of sp³-hybridized carbons (Fsp3) is 0.471. The average Bonchev–Trinajstić information content (AvgIpc) is 2.56. The van der Waals surface area contributed by atoms with Gasteiger partial charge in [0.05, 0.1) is 0 Å². The molecule has 7 nitrogen and oxygen atoms in total. The molecule has 0 saturated carbocycles. The van der Waals surface area contributed by atoms with Crippen molar-refractivity contribution in [3.05, 3.63) is 27.8 Å². The molecule has 1 fully saturated rings. The predicted molar refractivity (Wildman–Crippen MR) is 103 cm³/mol. The number of carbonyl (C=O) groups excluding carboxylic acids is 3. The molecular weight excluding hydrogens is 475 g/mol. The lowest BCUT2D eigenvalue weighted by atomic mass is 9.65. The number of aliphatic hydroxyl groups is 3. The van der Waals surface area contributed by atoms with Gasteiger partial charge in [0.15, 0.2) is 34.0 Å². The third-order valence-electron chi connectivity index (χ3n) is 4.62. The quantitative estimate of drug-likeness (QED) is 0.512. The maximum atomic E-state index is 12.3. The Morgan fingerprint density at radius 1 is 1.04 bits per heavy atom. The van der Waals surface area contributed by atoms with E-state index in [1.807, 2.05) is 0 Å². The van der Waals surface area contributed by atoms with Crippen molar-refractivity contribution in [1.82, 2.24) is 0 Å². The Bertz CT molecular complexity index is 752. The first kappa shape index (κ1) is 21.3. The number of hydrogen-bond acceptors (Lipinski definition) is 8. The molecular formula is C17H19IO7S. The Morgan fingerprint density at radius 2 is 1.58 bits per heavy atom. The molecule has 3 N–H and O–H groups in total. The minimum atomic E-state index is -3.04. The molecule has 1 aromatic rings. The SMILES string of the molecule is CC(=O)[C@]1(O)[C@@](O)(C(C)=O)CS[C@H](Oc2ccc(I)cc2)[C@@]1(O)C(C)=O. The highest BCUT2D eigenvalue weighted by molar-refractivity contribution is 14.1. The smallest absolute Gasteiger partial charge is 0.208 e. The van der Waals surface area contributed by atoms with Gasteiger partial charge in [0.1, 0.15) is 5.75 Å². The Morgan fingerprint density at radius 3 is 2.00 bits per heavy atom. The largest absolute Gasteiger partial charge is 0.476 e. The van der Waals surface area contributed by atoms with Crippen molar-refractivity contribution in [1.29, 1.82) is 0 Å². The van der Waals surface area contributed by atoms with E-state index in [9.17, 15) is 29.7 Å². The van der Waals surface area contributed by atoms with Gasteiger partial charge < -0.3 is 20.1 Å². The van der Waals surface area contributed by atoms with Gasteiger partial charge in [-0.25, -0.2) is 0 Å². The van der Waals surface area contributed by atoms with Gasteiger partial charge in [0.25, 0.3) is 0 Å². The van der Waals surface area contributed by atoms with Crippen LogP contribution in [-0.4, -0.2) is 60.7 Å². The Labute approximate surface area is 168 Å². The van der Waals surface area contributed by atoms with Gasteiger partial charge >= 0.3 is 0 Å². The highest BCUT2D eigenvalue weighted by atomic mass is 127. The van der Waals surface area contributed by atoms with Crippen LogP contribution in [0.5, 0.6) is 5.75 Å². The molecule has 1 aliphatic heterocycles. The lowest BCUT2D eigenvalue weighted by Gasteiger charge is -2.54. The molecule has 9 heteroatoms. The number of hydrogen-bond donors (Lipinski definition) is 3. The van der Waals surface area contributed by atoms with Crippen molar-refractivity contribution < 1.29 is 34.4 Å². The van der Waals surface area contributed by atoms with E-state index in [1.165, 1.54) is 0 Å². The van der Waals surface area contributed by atoms with Crippen molar-refractivity contribution in [2.24, 2.45) is 0 Å². The maximum Gasteiger partial charge on any atom is 0.208 e. The number of rotatable bonds is 5. The van der Waals surface area contributed by atoms with Crippen LogP contribution in [0.4, 0.5) is 0 Å². The fourth-order valence-corrected chi connectivity index (χ4v) is 4.92. The first-order valence-electron chi connectivity index (χ1n) is 7.65. The predicted octanol–water partition coefficient (Wildman–Crippen LogP) is 0.703. The lowest BCUT2D eigenvalue weighted by Crippen LogP contribution is -2.82. The lowest BCUT2D eigenvalue weighted by molar-refractivity contribution is -0.236. The standard InChI is InChI=1S/C17H19IO7S/c1-9(19)15(22)8-26-14(25-13-6-4-12(18)5-7-13)16(23,10(2)20)17(15,24)11(3)21/h4-7,14,22-24H,8H2,1-3H3/t14-,15-,16-,17-/m0/s1. The van der Waals surface area contributed by atoms with Crippen LogP contribution in [-0.2, 0) is 14.4 Å².